The van der Waals surface area contributed by atoms with Gasteiger partial charge in [0.25, 0.3) is 5.91 Å². The lowest BCUT2D eigenvalue weighted by Gasteiger charge is -2.16. The summed E-state index contributed by atoms with van der Waals surface area (Å²) in [5.41, 5.74) is 6.68. The van der Waals surface area contributed by atoms with Crippen molar-refractivity contribution in [3.63, 3.8) is 0 Å². The van der Waals surface area contributed by atoms with Crippen molar-refractivity contribution in [1.29, 1.82) is 0 Å². The van der Waals surface area contributed by atoms with Gasteiger partial charge in [0.2, 0.25) is 17.7 Å². The van der Waals surface area contributed by atoms with Crippen LogP contribution in [0.2, 0.25) is 0 Å². The van der Waals surface area contributed by atoms with Crippen LogP contribution in [0.3, 0.4) is 0 Å². The van der Waals surface area contributed by atoms with Crippen molar-refractivity contribution >= 4 is 58.0 Å². The number of aryl methyl sites for hydroxylation is 2. The lowest BCUT2D eigenvalue weighted by Crippen LogP contribution is -2.44. The highest BCUT2D eigenvalue weighted by molar-refractivity contribution is 7.14. The second kappa shape index (κ2) is 12.7. The van der Waals surface area contributed by atoms with E-state index in [0.717, 1.165) is 21.8 Å². The maximum Gasteiger partial charge on any atom is 0.326 e. The van der Waals surface area contributed by atoms with Gasteiger partial charge in [0.1, 0.15) is 17.7 Å². The third-order valence-electron chi connectivity index (χ3n) is 5.68. The molecule has 3 aromatic heterocycles. The Bertz CT molecular complexity index is 1400. The highest BCUT2D eigenvalue weighted by atomic mass is 32.1. The molecule has 3 aromatic rings. The molecular weight excluding hydrogens is 536 g/mol. The Hall–Kier alpha value is -4.73. The van der Waals surface area contributed by atoms with E-state index in [0.29, 0.717) is 23.9 Å². The molecule has 0 aliphatic carbocycles. The number of nitrogens with zero attached hydrogens (tertiary/aromatic N) is 2. The summed E-state index contributed by atoms with van der Waals surface area (Å²) in [6.07, 6.45) is 1.15. The number of carbonyl (C=O) groups is 5. The zero-order valence-electron chi connectivity index (χ0n) is 20.3. The molecule has 3 heterocycles. The van der Waals surface area contributed by atoms with Crippen molar-refractivity contribution in [3.8, 4) is 5.88 Å². The number of aromatic amines is 1. The number of rotatable bonds is 14. The smallest absolute Gasteiger partial charge is 0.326 e. The summed E-state index contributed by atoms with van der Waals surface area (Å²) < 4.78 is 0. The van der Waals surface area contributed by atoms with Crippen LogP contribution >= 0.6 is 11.3 Å². The number of aliphatic carboxylic acids is 3. The van der Waals surface area contributed by atoms with Gasteiger partial charge in [0.15, 0.2) is 0 Å². The molecule has 39 heavy (non-hydrogen) atoms. The zero-order chi connectivity index (χ0) is 28.7. The monoisotopic (exact) mass is 562 g/mol. The first-order valence-corrected chi connectivity index (χ1v) is 12.4. The van der Waals surface area contributed by atoms with Gasteiger partial charge in [-0.05, 0) is 43.4 Å². The molecule has 0 spiro atoms. The lowest BCUT2D eigenvalue weighted by molar-refractivity contribution is -0.143. The molecule has 15 nitrogen and oxygen atoms in total. The predicted octanol–water partition coefficient (Wildman–Crippen LogP) is 0.490. The van der Waals surface area contributed by atoms with E-state index in [-0.39, 0.29) is 29.5 Å². The summed E-state index contributed by atoms with van der Waals surface area (Å²) in [5.74, 6) is -5.77. The number of H-pyrrole nitrogens is 1. The number of aromatic nitrogens is 3. The van der Waals surface area contributed by atoms with Crippen LogP contribution in [0.1, 0.15) is 45.8 Å². The van der Waals surface area contributed by atoms with E-state index in [4.69, 9.17) is 15.9 Å². The molecule has 3 rings (SSSR count). The minimum absolute atomic E-state index is 0.0669. The number of anilines is 1. The van der Waals surface area contributed by atoms with E-state index in [1.54, 1.807) is 12.3 Å². The molecular formula is C23H26N6O9S. The predicted molar refractivity (Wildman–Crippen MR) is 136 cm³/mol. The first-order valence-electron chi connectivity index (χ1n) is 11.6. The van der Waals surface area contributed by atoms with Crippen LogP contribution in [-0.2, 0) is 32.0 Å². The number of nitrogens with one attached hydrogen (secondary N) is 3. The van der Waals surface area contributed by atoms with Gasteiger partial charge in [-0.1, -0.05) is 0 Å². The van der Waals surface area contributed by atoms with Gasteiger partial charge in [-0.2, -0.15) is 9.97 Å². The zero-order valence-corrected chi connectivity index (χ0v) is 21.2. The second-order valence-electron chi connectivity index (χ2n) is 8.50. The van der Waals surface area contributed by atoms with Gasteiger partial charge < -0.3 is 41.8 Å². The Labute approximate surface area is 224 Å². The highest BCUT2D eigenvalue weighted by Crippen LogP contribution is 2.27. The second-order valence-corrected chi connectivity index (χ2v) is 9.67. The summed E-state index contributed by atoms with van der Waals surface area (Å²) in [7, 11) is 0. The van der Waals surface area contributed by atoms with Crippen molar-refractivity contribution in [2.45, 2.75) is 50.6 Å². The van der Waals surface area contributed by atoms with Crippen molar-refractivity contribution in [2.24, 2.45) is 0 Å². The molecule has 2 atom stereocenters. The van der Waals surface area contributed by atoms with Gasteiger partial charge >= 0.3 is 17.9 Å². The normalized spacial score (nSPS) is 12.5. The van der Waals surface area contributed by atoms with Gasteiger partial charge in [0.05, 0.1) is 10.3 Å². The van der Waals surface area contributed by atoms with Crippen molar-refractivity contribution < 1.29 is 44.4 Å². The average Bonchev–Trinajstić information content (AvgIpc) is 3.49. The number of nitrogen functional groups attached to an aromatic ring is 1. The van der Waals surface area contributed by atoms with Crippen LogP contribution in [0.5, 0.6) is 5.88 Å². The Morgan fingerprint density at radius 3 is 2.28 bits per heavy atom. The van der Waals surface area contributed by atoms with Crippen molar-refractivity contribution in [3.05, 3.63) is 33.6 Å². The van der Waals surface area contributed by atoms with E-state index in [1.807, 2.05) is 0 Å². The van der Waals surface area contributed by atoms with E-state index >= 15 is 0 Å². The average molecular weight is 563 g/mol. The minimum Gasteiger partial charge on any atom is -0.493 e. The molecule has 0 unspecified atom stereocenters. The van der Waals surface area contributed by atoms with Crippen LogP contribution in [0.15, 0.2) is 18.3 Å². The third kappa shape index (κ3) is 7.88. The van der Waals surface area contributed by atoms with Crippen LogP contribution in [-0.4, -0.2) is 77.2 Å². The van der Waals surface area contributed by atoms with Crippen LogP contribution in [0, 0.1) is 0 Å². The Balaban J connectivity index is 1.54. The number of fused-ring (bicyclic) bond motifs is 1. The van der Waals surface area contributed by atoms with E-state index in [9.17, 15) is 34.2 Å². The first kappa shape index (κ1) is 28.8. The number of nitrogens with two attached hydrogens (primary N) is 1. The highest BCUT2D eigenvalue weighted by Gasteiger charge is 2.25. The lowest BCUT2D eigenvalue weighted by atomic mass is 10.1. The summed E-state index contributed by atoms with van der Waals surface area (Å²) in [5, 5.41) is 42.4. The number of hydrogen-bond acceptors (Lipinski definition) is 10. The van der Waals surface area contributed by atoms with Gasteiger partial charge in [-0.25, -0.2) is 9.59 Å². The van der Waals surface area contributed by atoms with Crippen molar-refractivity contribution in [2.75, 3.05) is 5.73 Å². The van der Waals surface area contributed by atoms with Crippen LogP contribution < -0.4 is 16.4 Å². The fourth-order valence-corrected chi connectivity index (χ4v) is 4.65. The van der Waals surface area contributed by atoms with Gasteiger partial charge in [-0.3, -0.25) is 14.4 Å². The molecule has 0 radical (unpaired) electrons. The molecule has 16 heteroatoms. The quantitative estimate of drug-likeness (QED) is 0.133. The topological polar surface area (TPSA) is 258 Å². The van der Waals surface area contributed by atoms with E-state index < -0.39 is 54.6 Å². The third-order valence-corrected chi connectivity index (χ3v) is 6.83. The molecule has 0 aliphatic rings. The number of carboxylic acids is 3. The Morgan fingerprint density at radius 1 is 0.949 bits per heavy atom. The van der Waals surface area contributed by atoms with E-state index in [2.05, 4.69) is 25.6 Å². The van der Waals surface area contributed by atoms with Crippen LogP contribution in [0.4, 0.5) is 5.95 Å². The molecule has 0 saturated heterocycles. The van der Waals surface area contributed by atoms with E-state index in [1.165, 1.54) is 6.07 Å². The van der Waals surface area contributed by atoms with Gasteiger partial charge in [0, 0.05) is 23.9 Å². The van der Waals surface area contributed by atoms with Crippen molar-refractivity contribution in [1.82, 2.24) is 25.6 Å². The number of thiophene rings is 1. The molecule has 0 aromatic carbocycles. The number of carbonyl (C=O) groups excluding carboxylic acids is 2. The SMILES string of the molecule is Nc1nc(O)c2c(CCc3ccc(C(=O)N[C@@H](CCC(=O)N[C@@H](CCC(=O)O)C(=O)O)C(=O)O)s3)c[nH]c2n1. The fraction of sp³-hybridized carbons (Fsp3) is 0.348. The van der Waals surface area contributed by atoms with Crippen LogP contribution in [0.25, 0.3) is 11.0 Å². The minimum atomic E-state index is -1.44. The molecule has 0 saturated carbocycles. The Morgan fingerprint density at radius 2 is 1.62 bits per heavy atom. The number of aromatic hydroxyl groups is 1. The Kier molecular flexibility index (Phi) is 9.38. The molecule has 0 fully saturated rings. The fourth-order valence-electron chi connectivity index (χ4n) is 3.74. The summed E-state index contributed by atoms with van der Waals surface area (Å²) in [4.78, 5) is 70.0. The number of amides is 2. The summed E-state index contributed by atoms with van der Waals surface area (Å²) in [6.45, 7) is 0. The maximum absolute atomic E-state index is 12.7. The molecule has 208 valence electrons. The summed E-state index contributed by atoms with van der Waals surface area (Å²) in [6, 6.07) is 0.402. The molecule has 2 amide bonds. The molecule has 0 aliphatic heterocycles. The largest absolute Gasteiger partial charge is 0.493 e. The summed E-state index contributed by atoms with van der Waals surface area (Å²) >= 11 is 1.15. The maximum atomic E-state index is 12.7. The molecule has 0 bridgehead atoms. The molecule has 9 N–H and O–H groups in total. The first-order chi connectivity index (χ1) is 18.4. The number of carboxylic acid groups (broad SMARTS) is 3. The number of hydrogen-bond donors (Lipinski definition) is 8. The van der Waals surface area contributed by atoms with Gasteiger partial charge in [-0.15, -0.1) is 11.3 Å². The standard InChI is InChI=1S/C23H26N6O9S/c24-23-28-18-17(20(34)29-23)10(9-25-18)1-2-11-3-6-14(39-11)19(33)27-13(22(37)38)4-7-15(30)26-12(21(35)36)5-8-16(31)32/h3,6,9,12-13H,1-2,4-5,7-8H2,(H,26,30)(H,27,33)(H,31,32)(H,35,36)(H,37,38)(H4,24,25,28,29,34)/t12-,13-/m0/s1.